The third-order valence-corrected chi connectivity index (χ3v) is 4.95. The number of aromatic nitrogens is 1. The Bertz CT molecular complexity index is 1180. The smallest absolute Gasteiger partial charge is 0.293 e. The number of nitro groups is 1. The molecule has 0 atom stereocenters. The third kappa shape index (κ3) is 3.30. The van der Waals surface area contributed by atoms with Crippen molar-refractivity contribution in [1.82, 2.24) is 4.98 Å². The van der Waals surface area contributed by atoms with Gasteiger partial charge in [0.05, 0.1) is 15.1 Å². The van der Waals surface area contributed by atoms with Gasteiger partial charge in [0, 0.05) is 17.7 Å². The molecule has 0 saturated heterocycles. The van der Waals surface area contributed by atoms with Crippen LogP contribution in [0.1, 0.15) is 16.1 Å². The molecule has 0 spiro atoms. The molecule has 2 aromatic carbocycles. The monoisotopic (exact) mass is 379 g/mol. The number of amides is 1. The maximum atomic E-state index is 12.4. The third-order valence-electron chi connectivity index (χ3n) is 4.01. The van der Waals surface area contributed by atoms with Crippen molar-refractivity contribution in [2.24, 2.45) is 0 Å². The number of thiazole rings is 1. The summed E-state index contributed by atoms with van der Waals surface area (Å²) in [6, 6.07) is 15.0. The molecule has 2 aromatic heterocycles. The van der Waals surface area contributed by atoms with Crippen molar-refractivity contribution < 1.29 is 14.1 Å². The molecule has 8 heteroatoms. The molecule has 0 bridgehead atoms. The first-order valence-electron chi connectivity index (χ1n) is 8.03. The largest absolute Gasteiger partial charge is 0.451 e. The summed E-state index contributed by atoms with van der Waals surface area (Å²) in [5.41, 5.74) is 2.38. The van der Waals surface area contributed by atoms with Crippen LogP contribution in [0.25, 0.3) is 21.5 Å². The molecule has 4 rings (SSSR count). The lowest BCUT2D eigenvalue weighted by Gasteiger charge is -1.99. The van der Waals surface area contributed by atoms with Crippen LogP contribution in [0.4, 0.5) is 10.8 Å². The number of carbonyl (C=O) groups is 1. The van der Waals surface area contributed by atoms with Crippen molar-refractivity contribution in [2.75, 3.05) is 5.32 Å². The van der Waals surface area contributed by atoms with Gasteiger partial charge >= 0.3 is 0 Å². The van der Waals surface area contributed by atoms with E-state index < -0.39 is 10.8 Å². The normalized spacial score (nSPS) is 10.9. The van der Waals surface area contributed by atoms with Crippen LogP contribution in [-0.4, -0.2) is 15.8 Å². The Balaban J connectivity index is 1.57. The van der Waals surface area contributed by atoms with E-state index in [0.717, 1.165) is 15.8 Å². The van der Waals surface area contributed by atoms with Gasteiger partial charge in [-0.15, -0.1) is 0 Å². The maximum absolute atomic E-state index is 12.4. The quantitative estimate of drug-likeness (QED) is 0.396. The molecular formula is C19H13N3O4S. The van der Waals surface area contributed by atoms with Gasteiger partial charge in [0.2, 0.25) is 0 Å². The van der Waals surface area contributed by atoms with E-state index in [2.05, 4.69) is 10.3 Å². The summed E-state index contributed by atoms with van der Waals surface area (Å²) in [5.74, 6) is 0.0554. The van der Waals surface area contributed by atoms with E-state index in [1.165, 1.54) is 29.5 Å². The van der Waals surface area contributed by atoms with E-state index in [4.69, 9.17) is 4.42 Å². The molecule has 7 nitrogen and oxygen atoms in total. The highest BCUT2D eigenvalue weighted by Crippen LogP contribution is 2.29. The number of rotatable bonds is 4. The van der Waals surface area contributed by atoms with Gasteiger partial charge in [-0.3, -0.25) is 20.2 Å². The summed E-state index contributed by atoms with van der Waals surface area (Å²) in [4.78, 5) is 27.3. The molecule has 0 aliphatic rings. The Hall–Kier alpha value is -3.52. The predicted octanol–water partition coefficient (Wildman–Crippen LogP) is 5.03. The lowest BCUT2D eigenvalue weighted by Crippen LogP contribution is -2.10. The molecule has 4 aromatic rings. The highest BCUT2D eigenvalue weighted by Gasteiger charge is 2.16. The summed E-state index contributed by atoms with van der Waals surface area (Å²) in [7, 11) is 0. The van der Waals surface area contributed by atoms with E-state index in [9.17, 15) is 14.9 Å². The van der Waals surface area contributed by atoms with Crippen molar-refractivity contribution in [3.05, 3.63) is 76.0 Å². The van der Waals surface area contributed by atoms with E-state index in [0.29, 0.717) is 16.5 Å². The molecule has 1 amide bonds. The summed E-state index contributed by atoms with van der Waals surface area (Å²) in [6.45, 7) is 1.96. The van der Waals surface area contributed by atoms with Crippen LogP contribution in [0.15, 0.2) is 59.0 Å². The Morgan fingerprint density at radius 3 is 2.78 bits per heavy atom. The Morgan fingerprint density at radius 1 is 1.19 bits per heavy atom. The number of hydrogen-bond donors (Lipinski definition) is 1. The molecule has 0 aliphatic carbocycles. The second-order valence-corrected chi connectivity index (χ2v) is 6.90. The van der Waals surface area contributed by atoms with Crippen LogP contribution in [0.2, 0.25) is 0 Å². The zero-order valence-corrected chi connectivity index (χ0v) is 14.9. The number of para-hydroxylation sites is 1. The second-order valence-electron chi connectivity index (χ2n) is 5.87. The number of benzene rings is 2. The number of anilines is 1. The van der Waals surface area contributed by atoms with Crippen molar-refractivity contribution in [1.29, 1.82) is 0 Å². The Kier molecular flexibility index (Phi) is 4.17. The number of carbonyl (C=O) groups excluding carboxylic acids is 1. The lowest BCUT2D eigenvalue weighted by atomic mass is 10.1. The highest BCUT2D eigenvalue weighted by molar-refractivity contribution is 7.22. The molecule has 0 unspecified atom stereocenters. The fourth-order valence-corrected chi connectivity index (χ4v) is 3.63. The lowest BCUT2D eigenvalue weighted by molar-refractivity contribution is -0.384. The topological polar surface area (TPSA) is 98.3 Å². The maximum Gasteiger partial charge on any atom is 0.293 e. The van der Waals surface area contributed by atoms with Crippen LogP contribution in [0.5, 0.6) is 0 Å². The highest BCUT2D eigenvalue weighted by atomic mass is 32.1. The van der Waals surface area contributed by atoms with Gasteiger partial charge in [0.1, 0.15) is 5.76 Å². The molecule has 0 radical (unpaired) electrons. The van der Waals surface area contributed by atoms with Gasteiger partial charge in [0.15, 0.2) is 10.9 Å². The van der Waals surface area contributed by atoms with Gasteiger partial charge in [-0.1, -0.05) is 35.6 Å². The Morgan fingerprint density at radius 2 is 2.00 bits per heavy atom. The molecule has 0 saturated carbocycles. The first-order chi connectivity index (χ1) is 13.0. The number of nitro benzene ring substituents is 1. The van der Waals surface area contributed by atoms with Crippen molar-refractivity contribution >= 4 is 38.3 Å². The number of hydrogen-bond acceptors (Lipinski definition) is 6. The molecule has 27 heavy (non-hydrogen) atoms. The summed E-state index contributed by atoms with van der Waals surface area (Å²) in [5, 5.41) is 14.1. The first kappa shape index (κ1) is 16.9. The summed E-state index contributed by atoms with van der Waals surface area (Å²) in [6.07, 6.45) is 0. The van der Waals surface area contributed by atoms with E-state index in [1.54, 1.807) is 18.2 Å². The van der Waals surface area contributed by atoms with Crippen LogP contribution >= 0.6 is 11.3 Å². The number of fused-ring (bicyclic) bond motifs is 1. The van der Waals surface area contributed by atoms with Crippen molar-refractivity contribution in [3.63, 3.8) is 0 Å². The van der Waals surface area contributed by atoms with Gasteiger partial charge in [0.25, 0.3) is 11.6 Å². The summed E-state index contributed by atoms with van der Waals surface area (Å²) < 4.78 is 6.57. The fourth-order valence-electron chi connectivity index (χ4n) is 2.69. The van der Waals surface area contributed by atoms with Crippen LogP contribution in [-0.2, 0) is 0 Å². The molecule has 0 fully saturated rings. The van der Waals surface area contributed by atoms with Crippen molar-refractivity contribution in [3.8, 4) is 11.3 Å². The molecule has 2 heterocycles. The van der Waals surface area contributed by atoms with Crippen LogP contribution < -0.4 is 5.32 Å². The molecule has 1 N–H and O–H groups in total. The molecular weight excluding hydrogens is 366 g/mol. The van der Waals surface area contributed by atoms with Crippen LogP contribution in [0, 0.1) is 17.0 Å². The fraction of sp³-hybridized carbons (Fsp3) is 0.0526. The first-order valence-corrected chi connectivity index (χ1v) is 8.85. The van der Waals surface area contributed by atoms with Crippen molar-refractivity contribution in [2.45, 2.75) is 6.92 Å². The van der Waals surface area contributed by atoms with Gasteiger partial charge in [-0.25, -0.2) is 4.98 Å². The SMILES string of the molecule is Cc1cccc2sc(NC(=O)c3ccc(-c4cccc([N+](=O)[O-])c4)o3)nc12. The standard InChI is InChI=1S/C19H13N3O4S/c1-11-4-2-7-16-17(11)20-19(27-16)21-18(23)15-9-8-14(26-15)12-5-3-6-13(10-12)22(24)25/h2-10H,1H3,(H,20,21,23). The average molecular weight is 379 g/mol. The molecule has 134 valence electrons. The predicted molar refractivity (Wildman–Crippen MR) is 103 cm³/mol. The number of nitrogens with one attached hydrogen (secondary N) is 1. The van der Waals surface area contributed by atoms with Gasteiger partial charge < -0.3 is 4.42 Å². The molecule has 0 aliphatic heterocycles. The average Bonchev–Trinajstić information content (AvgIpc) is 3.29. The number of non-ortho nitro benzene ring substituents is 1. The summed E-state index contributed by atoms with van der Waals surface area (Å²) >= 11 is 1.38. The minimum Gasteiger partial charge on any atom is -0.451 e. The minimum absolute atomic E-state index is 0.0419. The van der Waals surface area contributed by atoms with E-state index in [1.807, 2.05) is 25.1 Å². The number of aryl methyl sites for hydroxylation is 1. The Labute approximate surface area is 157 Å². The van der Waals surface area contributed by atoms with Gasteiger partial charge in [-0.05, 0) is 30.7 Å². The second kappa shape index (κ2) is 6.65. The van der Waals surface area contributed by atoms with Crippen LogP contribution in [0.3, 0.4) is 0 Å². The van der Waals surface area contributed by atoms with E-state index >= 15 is 0 Å². The van der Waals surface area contributed by atoms with E-state index in [-0.39, 0.29) is 11.4 Å². The van der Waals surface area contributed by atoms with Gasteiger partial charge in [-0.2, -0.15) is 0 Å². The number of nitrogens with zero attached hydrogens (tertiary/aromatic N) is 2. The zero-order valence-electron chi connectivity index (χ0n) is 14.1. The zero-order chi connectivity index (χ0) is 19.0. The number of furan rings is 1. The minimum atomic E-state index is -0.477.